The maximum atomic E-state index is 12.1. The van der Waals surface area contributed by atoms with E-state index in [1.54, 1.807) is 7.05 Å². The Hall–Kier alpha value is 0.120. The van der Waals surface area contributed by atoms with Gasteiger partial charge >= 0.3 is 0 Å². The van der Waals surface area contributed by atoms with Gasteiger partial charge in [-0.1, -0.05) is 0 Å². The zero-order valence-electron chi connectivity index (χ0n) is 9.39. The molecule has 5 nitrogen and oxygen atoms in total. The van der Waals surface area contributed by atoms with E-state index in [9.17, 15) is 8.42 Å². The summed E-state index contributed by atoms with van der Waals surface area (Å²) in [6.45, 7) is 2.58. The summed E-state index contributed by atoms with van der Waals surface area (Å²) >= 11 is 0. The molecule has 2 aliphatic rings. The summed E-state index contributed by atoms with van der Waals surface area (Å²) in [5.74, 6) is 0. The lowest BCUT2D eigenvalue weighted by molar-refractivity contribution is 0.0967. The number of likely N-dealkylation sites (N-methyl/N-ethyl adjacent to an activating group) is 1. The quantitative estimate of drug-likeness (QED) is 0.773. The summed E-state index contributed by atoms with van der Waals surface area (Å²) in [6, 6.07) is 0.136. The highest BCUT2D eigenvalue weighted by Gasteiger charge is 2.37. The van der Waals surface area contributed by atoms with Crippen molar-refractivity contribution in [2.24, 2.45) is 0 Å². The van der Waals surface area contributed by atoms with Crippen molar-refractivity contribution in [2.45, 2.75) is 24.1 Å². The summed E-state index contributed by atoms with van der Waals surface area (Å²) in [5.41, 5.74) is 0. The van der Waals surface area contributed by atoms with Crippen molar-refractivity contribution in [3.05, 3.63) is 0 Å². The Morgan fingerprint density at radius 1 is 1.38 bits per heavy atom. The number of nitrogens with one attached hydrogen (secondary N) is 1. The molecule has 0 saturated carbocycles. The van der Waals surface area contributed by atoms with Crippen molar-refractivity contribution < 1.29 is 13.2 Å². The highest BCUT2D eigenvalue weighted by atomic mass is 35.5. The number of ether oxygens (including phenoxy) is 1. The Labute approximate surface area is 103 Å². The molecule has 2 fully saturated rings. The first-order valence-corrected chi connectivity index (χ1v) is 6.88. The van der Waals surface area contributed by atoms with Gasteiger partial charge in [0.25, 0.3) is 0 Å². The van der Waals surface area contributed by atoms with E-state index in [1.165, 1.54) is 4.31 Å². The van der Waals surface area contributed by atoms with Crippen LogP contribution < -0.4 is 5.32 Å². The number of sulfonamides is 1. The highest BCUT2D eigenvalue weighted by molar-refractivity contribution is 7.89. The van der Waals surface area contributed by atoms with Crippen LogP contribution in [0, 0.1) is 0 Å². The topological polar surface area (TPSA) is 58.6 Å². The molecule has 7 heteroatoms. The molecule has 0 aromatic carbocycles. The molecule has 0 radical (unpaired) electrons. The molecule has 2 heterocycles. The first-order valence-electron chi connectivity index (χ1n) is 5.37. The van der Waals surface area contributed by atoms with Gasteiger partial charge in [0.05, 0.1) is 11.9 Å². The van der Waals surface area contributed by atoms with E-state index in [4.69, 9.17) is 4.74 Å². The van der Waals surface area contributed by atoms with Gasteiger partial charge in [0.1, 0.15) is 0 Å². The van der Waals surface area contributed by atoms with Crippen LogP contribution in [0.5, 0.6) is 0 Å². The lowest BCUT2D eigenvalue weighted by atomic mass is 10.2. The van der Waals surface area contributed by atoms with E-state index in [2.05, 4.69) is 5.32 Å². The van der Waals surface area contributed by atoms with Crippen LogP contribution in [0.2, 0.25) is 0 Å². The van der Waals surface area contributed by atoms with Crippen LogP contribution >= 0.6 is 12.4 Å². The Morgan fingerprint density at radius 2 is 2.06 bits per heavy atom. The van der Waals surface area contributed by atoms with E-state index in [-0.39, 0.29) is 23.7 Å². The number of nitrogens with zero attached hydrogens (tertiary/aromatic N) is 1. The minimum atomic E-state index is -3.15. The van der Waals surface area contributed by atoms with Gasteiger partial charge < -0.3 is 10.1 Å². The van der Waals surface area contributed by atoms with Crippen LogP contribution in [0.1, 0.15) is 12.8 Å². The largest absolute Gasteiger partial charge is 0.380 e. The molecule has 0 spiro atoms. The fourth-order valence-electron chi connectivity index (χ4n) is 1.92. The van der Waals surface area contributed by atoms with Crippen LogP contribution in [-0.4, -0.2) is 57.4 Å². The van der Waals surface area contributed by atoms with Gasteiger partial charge in [-0.05, 0) is 12.8 Å². The van der Waals surface area contributed by atoms with Crippen molar-refractivity contribution in [3.63, 3.8) is 0 Å². The second-order valence-electron chi connectivity index (χ2n) is 4.21. The normalized spacial score (nSPS) is 27.2. The minimum absolute atomic E-state index is 0. The Kier molecular flexibility index (Phi) is 5.00. The van der Waals surface area contributed by atoms with Gasteiger partial charge in [0.2, 0.25) is 10.0 Å². The van der Waals surface area contributed by atoms with Crippen molar-refractivity contribution in [1.29, 1.82) is 0 Å². The summed E-state index contributed by atoms with van der Waals surface area (Å²) < 4.78 is 31.0. The standard InChI is InChI=1S/C9H18N2O3S.ClH/c1-11(8-5-10-6-8)15(12,13)9-3-2-4-14-7-9;/h8-10H,2-7H2,1H3;1H. The average Bonchev–Trinajstić information content (AvgIpc) is 2.16. The van der Waals surface area contributed by atoms with Crippen LogP contribution in [0.15, 0.2) is 0 Å². The zero-order valence-corrected chi connectivity index (χ0v) is 11.0. The number of hydrogen-bond acceptors (Lipinski definition) is 4. The first kappa shape index (κ1) is 14.2. The fraction of sp³-hybridized carbons (Fsp3) is 1.00. The van der Waals surface area contributed by atoms with Crippen molar-refractivity contribution in [3.8, 4) is 0 Å². The van der Waals surface area contributed by atoms with Gasteiger partial charge in [0, 0.05) is 32.8 Å². The lowest BCUT2D eigenvalue weighted by Gasteiger charge is -2.37. The molecule has 1 atom stereocenters. The van der Waals surface area contributed by atoms with Crippen LogP contribution in [0.4, 0.5) is 0 Å². The second kappa shape index (κ2) is 5.64. The molecule has 2 aliphatic heterocycles. The maximum Gasteiger partial charge on any atom is 0.219 e. The van der Waals surface area contributed by atoms with E-state index in [1.807, 2.05) is 0 Å². The van der Waals surface area contributed by atoms with Gasteiger partial charge in [-0.3, -0.25) is 0 Å². The lowest BCUT2D eigenvalue weighted by Crippen LogP contribution is -2.59. The minimum Gasteiger partial charge on any atom is -0.380 e. The number of rotatable bonds is 3. The maximum absolute atomic E-state index is 12.1. The molecule has 0 aliphatic carbocycles. The predicted octanol–water partition coefficient (Wildman–Crippen LogP) is -0.179. The predicted molar refractivity (Wildman–Crippen MR) is 64.4 cm³/mol. The molecule has 0 bridgehead atoms. The molecule has 96 valence electrons. The zero-order chi connectivity index (χ0) is 10.9. The van der Waals surface area contributed by atoms with Gasteiger partial charge in [-0.25, -0.2) is 8.42 Å². The Morgan fingerprint density at radius 3 is 2.50 bits per heavy atom. The Bertz CT molecular complexity index is 305. The monoisotopic (exact) mass is 270 g/mol. The van der Waals surface area contributed by atoms with Crippen LogP contribution in [-0.2, 0) is 14.8 Å². The summed E-state index contributed by atoms with van der Waals surface area (Å²) in [5, 5.41) is 2.74. The smallest absolute Gasteiger partial charge is 0.219 e. The van der Waals surface area contributed by atoms with E-state index in [0.29, 0.717) is 13.2 Å². The van der Waals surface area contributed by atoms with E-state index < -0.39 is 10.0 Å². The fourth-order valence-corrected chi connectivity index (χ4v) is 3.69. The number of hydrogen-bond donors (Lipinski definition) is 1. The average molecular weight is 271 g/mol. The molecule has 0 amide bonds. The molecule has 0 aromatic rings. The van der Waals surface area contributed by atoms with Crippen LogP contribution in [0.3, 0.4) is 0 Å². The third kappa shape index (κ3) is 2.68. The molecule has 1 N–H and O–H groups in total. The van der Waals surface area contributed by atoms with Gasteiger partial charge in [0.15, 0.2) is 0 Å². The molecule has 2 rings (SSSR count). The van der Waals surface area contributed by atoms with Crippen molar-refractivity contribution in [1.82, 2.24) is 9.62 Å². The van der Waals surface area contributed by atoms with E-state index in [0.717, 1.165) is 25.9 Å². The molecular formula is C9H19ClN2O3S. The summed E-state index contributed by atoms with van der Waals surface area (Å²) in [4.78, 5) is 0. The molecular weight excluding hydrogens is 252 g/mol. The molecule has 16 heavy (non-hydrogen) atoms. The summed E-state index contributed by atoms with van der Waals surface area (Å²) in [7, 11) is -1.48. The van der Waals surface area contributed by atoms with Gasteiger partial charge in [-0.15, -0.1) is 12.4 Å². The second-order valence-corrected chi connectivity index (χ2v) is 6.48. The Balaban J connectivity index is 0.00000128. The van der Waals surface area contributed by atoms with E-state index >= 15 is 0 Å². The third-order valence-corrected chi connectivity index (χ3v) is 5.53. The van der Waals surface area contributed by atoms with Gasteiger partial charge in [-0.2, -0.15) is 4.31 Å². The third-order valence-electron chi connectivity index (χ3n) is 3.22. The summed E-state index contributed by atoms with van der Waals surface area (Å²) in [6.07, 6.45) is 1.58. The highest BCUT2D eigenvalue weighted by Crippen LogP contribution is 2.20. The SMILES string of the molecule is CN(C1CNC1)S(=O)(=O)C1CCCOC1.Cl. The molecule has 2 saturated heterocycles. The molecule has 1 unspecified atom stereocenters. The number of halogens is 1. The van der Waals surface area contributed by atoms with Crippen molar-refractivity contribution in [2.75, 3.05) is 33.4 Å². The van der Waals surface area contributed by atoms with Crippen molar-refractivity contribution >= 4 is 22.4 Å². The molecule has 0 aromatic heterocycles. The first-order chi connectivity index (χ1) is 7.12. The van der Waals surface area contributed by atoms with Crippen LogP contribution in [0.25, 0.3) is 0 Å².